The summed E-state index contributed by atoms with van der Waals surface area (Å²) in [7, 11) is 1.40. The van der Waals surface area contributed by atoms with E-state index in [2.05, 4.69) is 5.32 Å². The lowest BCUT2D eigenvalue weighted by Crippen LogP contribution is -2.46. The maximum Gasteiger partial charge on any atom is 0.326 e. The summed E-state index contributed by atoms with van der Waals surface area (Å²) < 4.78 is 4.94. The van der Waals surface area contributed by atoms with Crippen molar-refractivity contribution in [1.82, 2.24) is 0 Å². The summed E-state index contributed by atoms with van der Waals surface area (Å²) in [4.78, 5) is 26.8. The van der Waals surface area contributed by atoms with Gasteiger partial charge in [0, 0.05) is 17.4 Å². The molecule has 1 aliphatic heterocycles. The predicted molar refractivity (Wildman–Crippen MR) is 98.0 cm³/mol. The first-order valence-electron chi connectivity index (χ1n) is 8.35. The summed E-state index contributed by atoms with van der Waals surface area (Å²) in [5.74, 6) is -0.614. The fraction of sp³-hybridized carbons (Fsp3) is 0.300. The number of benzene rings is 2. The van der Waals surface area contributed by atoms with E-state index in [1.165, 1.54) is 7.11 Å². The van der Waals surface area contributed by atoms with Crippen molar-refractivity contribution in [3.8, 4) is 0 Å². The Kier molecular flexibility index (Phi) is 4.74. The predicted octanol–water partition coefficient (Wildman–Crippen LogP) is 4.08. The molecule has 5 heteroatoms. The van der Waals surface area contributed by atoms with E-state index in [9.17, 15) is 9.59 Å². The number of amides is 2. The van der Waals surface area contributed by atoms with Gasteiger partial charge in [0.05, 0.1) is 13.0 Å². The van der Waals surface area contributed by atoms with E-state index >= 15 is 0 Å². The monoisotopic (exact) mass is 338 g/mol. The van der Waals surface area contributed by atoms with Crippen LogP contribution in [0, 0.1) is 6.92 Å². The second kappa shape index (κ2) is 6.97. The number of carbonyl (C=O) groups excluding carboxylic acids is 2. The van der Waals surface area contributed by atoms with Crippen LogP contribution in [0.5, 0.6) is 0 Å². The molecule has 130 valence electrons. The van der Waals surface area contributed by atoms with Crippen LogP contribution in [0.15, 0.2) is 48.5 Å². The Morgan fingerprint density at radius 3 is 2.64 bits per heavy atom. The summed E-state index contributed by atoms with van der Waals surface area (Å²) in [6, 6.07) is 14.9. The first kappa shape index (κ1) is 17.0. The molecule has 1 heterocycles. The first-order valence-corrected chi connectivity index (χ1v) is 8.35. The van der Waals surface area contributed by atoms with Gasteiger partial charge in [-0.05, 0) is 49.6 Å². The minimum absolute atomic E-state index is 0.121. The molecule has 0 bridgehead atoms. The number of nitrogens with one attached hydrogen (secondary N) is 1. The normalized spacial score (nSPS) is 19.1. The van der Waals surface area contributed by atoms with Crippen molar-refractivity contribution in [3.05, 3.63) is 59.7 Å². The fourth-order valence-corrected chi connectivity index (χ4v) is 3.39. The lowest BCUT2D eigenvalue weighted by Gasteiger charge is -2.38. The third-order valence-corrected chi connectivity index (χ3v) is 4.56. The summed E-state index contributed by atoms with van der Waals surface area (Å²) >= 11 is 0. The number of ether oxygens (including phenoxy) is 1. The lowest BCUT2D eigenvalue weighted by atomic mass is 9.86. The number of rotatable bonds is 2. The van der Waals surface area contributed by atoms with Crippen LogP contribution >= 0.6 is 0 Å². The fourth-order valence-electron chi connectivity index (χ4n) is 3.39. The van der Waals surface area contributed by atoms with Gasteiger partial charge in [-0.1, -0.05) is 30.3 Å². The lowest BCUT2D eigenvalue weighted by molar-refractivity contribution is -0.142. The van der Waals surface area contributed by atoms with Crippen LogP contribution in [0.3, 0.4) is 0 Å². The number of para-hydroxylation sites is 1. The Hall–Kier alpha value is -2.82. The van der Waals surface area contributed by atoms with E-state index in [0.29, 0.717) is 6.42 Å². The van der Waals surface area contributed by atoms with Gasteiger partial charge in [0.15, 0.2) is 0 Å². The van der Waals surface area contributed by atoms with Crippen molar-refractivity contribution in [1.29, 1.82) is 0 Å². The highest BCUT2D eigenvalue weighted by Crippen LogP contribution is 2.39. The molecule has 2 aromatic rings. The molecule has 5 nitrogen and oxygen atoms in total. The van der Waals surface area contributed by atoms with Gasteiger partial charge in [-0.25, -0.2) is 4.79 Å². The maximum absolute atomic E-state index is 12.9. The zero-order valence-corrected chi connectivity index (χ0v) is 14.7. The average molecular weight is 338 g/mol. The molecule has 25 heavy (non-hydrogen) atoms. The van der Waals surface area contributed by atoms with Crippen LogP contribution in [-0.2, 0) is 9.53 Å². The number of hydrogen-bond acceptors (Lipinski definition) is 3. The molecule has 0 saturated heterocycles. The number of esters is 1. The van der Waals surface area contributed by atoms with E-state index in [1.807, 2.05) is 62.4 Å². The molecule has 0 aliphatic carbocycles. The van der Waals surface area contributed by atoms with Crippen LogP contribution in [0.2, 0.25) is 0 Å². The van der Waals surface area contributed by atoms with Crippen LogP contribution in [0.25, 0.3) is 0 Å². The molecule has 1 aliphatic rings. The second-order valence-electron chi connectivity index (χ2n) is 6.39. The van der Waals surface area contributed by atoms with Gasteiger partial charge in [-0.15, -0.1) is 0 Å². The summed E-state index contributed by atoms with van der Waals surface area (Å²) in [5, 5.41) is 2.95. The number of methoxy groups -OCH3 is 1. The molecule has 0 spiro atoms. The van der Waals surface area contributed by atoms with Crippen molar-refractivity contribution in [2.24, 2.45) is 0 Å². The third-order valence-electron chi connectivity index (χ3n) is 4.56. The highest BCUT2D eigenvalue weighted by Gasteiger charge is 2.37. The zero-order valence-electron chi connectivity index (χ0n) is 14.7. The quantitative estimate of drug-likeness (QED) is 0.839. The van der Waals surface area contributed by atoms with E-state index in [4.69, 9.17) is 4.74 Å². The van der Waals surface area contributed by atoms with Crippen molar-refractivity contribution in [2.75, 3.05) is 17.3 Å². The Morgan fingerprint density at radius 1 is 1.16 bits per heavy atom. The Labute approximate surface area is 147 Å². The van der Waals surface area contributed by atoms with Crippen molar-refractivity contribution in [2.45, 2.75) is 32.2 Å². The minimum atomic E-state index is -0.348. The Bertz CT molecular complexity index is 803. The topological polar surface area (TPSA) is 58.6 Å². The molecule has 0 saturated carbocycles. The molecule has 0 aromatic heterocycles. The Balaban J connectivity index is 1.92. The van der Waals surface area contributed by atoms with Gasteiger partial charge in [0.2, 0.25) is 0 Å². The standard InChI is InChI=1S/C20H22N2O3/c1-13-7-6-8-15(11-13)21-20(24)22-14(2)12-17(19(23)25-3)16-9-4-5-10-18(16)22/h4-11,14,17H,12H2,1-3H3,(H,21,24). The van der Waals surface area contributed by atoms with Gasteiger partial charge < -0.3 is 10.1 Å². The SMILES string of the molecule is COC(=O)C1CC(C)N(C(=O)Nc2cccc(C)c2)c2ccccc21. The molecular weight excluding hydrogens is 316 g/mol. The largest absolute Gasteiger partial charge is 0.469 e. The first-order chi connectivity index (χ1) is 12.0. The highest BCUT2D eigenvalue weighted by atomic mass is 16.5. The molecule has 0 radical (unpaired) electrons. The smallest absolute Gasteiger partial charge is 0.326 e. The molecule has 2 atom stereocenters. The van der Waals surface area contributed by atoms with E-state index < -0.39 is 0 Å². The molecule has 3 rings (SSSR count). The molecule has 2 aromatic carbocycles. The number of fused-ring (bicyclic) bond motifs is 1. The molecule has 2 unspecified atom stereocenters. The number of carbonyl (C=O) groups is 2. The summed E-state index contributed by atoms with van der Waals surface area (Å²) in [6.45, 7) is 3.93. The number of anilines is 2. The van der Waals surface area contributed by atoms with E-state index in [0.717, 1.165) is 22.5 Å². The van der Waals surface area contributed by atoms with Crippen molar-refractivity contribution < 1.29 is 14.3 Å². The average Bonchev–Trinajstić information content (AvgIpc) is 2.60. The molecule has 0 fully saturated rings. The molecular formula is C20H22N2O3. The van der Waals surface area contributed by atoms with Crippen LogP contribution < -0.4 is 10.2 Å². The van der Waals surface area contributed by atoms with Gasteiger partial charge in [-0.3, -0.25) is 9.69 Å². The van der Waals surface area contributed by atoms with Gasteiger partial charge in [0.1, 0.15) is 0 Å². The van der Waals surface area contributed by atoms with Crippen molar-refractivity contribution >= 4 is 23.4 Å². The molecule has 1 N–H and O–H groups in total. The number of urea groups is 1. The second-order valence-corrected chi connectivity index (χ2v) is 6.39. The highest BCUT2D eigenvalue weighted by molar-refractivity contribution is 6.04. The van der Waals surface area contributed by atoms with Crippen molar-refractivity contribution in [3.63, 3.8) is 0 Å². The minimum Gasteiger partial charge on any atom is -0.469 e. The number of hydrogen-bond donors (Lipinski definition) is 1. The van der Waals surface area contributed by atoms with E-state index in [1.54, 1.807) is 4.90 Å². The van der Waals surface area contributed by atoms with Crippen LogP contribution in [0.1, 0.15) is 30.4 Å². The van der Waals surface area contributed by atoms with Gasteiger partial charge in [-0.2, -0.15) is 0 Å². The van der Waals surface area contributed by atoms with Crippen LogP contribution in [-0.4, -0.2) is 25.2 Å². The Morgan fingerprint density at radius 2 is 1.92 bits per heavy atom. The summed E-state index contributed by atoms with van der Waals surface area (Å²) in [6.07, 6.45) is 0.533. The maximum atomic E-state index is 12.9. The van der Waals surface area contributed by atoms with Gasteiger partial charge >= 0.3 is 12.0 Å². The third kappa shape index (κ3) is 3.36. The van der Waals surface area contributed by atoms with Gasteiger partial charge in [0.25, 0.3) is 0 Å². The number of aryl methyl sites for hydroxylation is 1. The zero-order chi connectivity index (χ0) is 18.0. The molecule has 2 amide bonds. The summed E-state index contributed by atoms with van der Waals surface area (Å²) in [5.41, 5.74) is 3.41. The number of nitrogens with zero attached hydrogens (tertiary/aromatic N) is 1. The van der Waals surface area contributed by atoms with E-state index in [-0.39, 0.29) is 24.0 Å². The van der Waals surface area contributed by atoms with Crippen LogP contribution in [0.4, 0.5) is 16.2 Å².